The average molecular weight is 223 g/mol. The molecule has 15 heavy (non-hydrogen) atoms. The molecular weight excluding hydrogens is 206 g/mol. The average Bonchev–Trinajstić information content (AvgIpc) is 2.79. The van der Waals surface area contributed by atoms with Gasteiger partial charge in [0.2, 0.25) is 0 Å². The van der Waals surface area contributed by atoms with E-state index in [1.807, 2.05) is 11.8 Å². The molecule has 2 N–H and O–H groups in total. The molecule has 0 atom stereocenters. The molecule has 1 saturated carbocycles. The van der Waals surface area contributed by atoms with E-state index in [9.17, 15) is 0 Å². The van der Waals surface area contributed by atoms with E-state index in [0.29, 0.717) is 6.54 Å². The molecule has 0 aromatic carbocycles. The van der Waals surface area contributed by atoms with Gasteiger partial charge in [-0.05, 0) is 18.8 Å². The van der Waals surface area contributed by atoms with Crippen LogP contribution in [0.2, 0.25) is 0 Å². The van der Waals surface area contributed by atoms with Crippen molar-refractivity contribution in [3.63, 3.8) is 0 Å². The summed E-state index contributed by atoms with van der Waals surface area (Å²) < 4.78 is 0. The Kier molecular flexibility index (Phi) is 3.97. The molecule has 82 valence electrons. The quantitative estimate of drug-likeness (QED) is 0.795. The van der Waals surface area contributed by atoms with E-state index >= 15 is 0 Å². The van der Waals surface area contributed by atoms with Crippen LogP contribution in [-0.2, 0) is 6.54 Å². The molecule has 0 amide bonds. The minimum atomic E-state index is 0.487. The lowest BCUT2D eigenvalue weighted by Crippen LogP contribution is -2.04. The molecule has 4 heteroatoms. The number of nitrogens with zero attached hydrogens (tertiary/aromatic N) is 2. The van der Waals surface area contributed by atoms with Crippen molar-refractivity contribution in [3.8, 4) is 0 Å². The molecule has 1 heterocycles. The summed E-state index contributed by atoms with van der Waals surface area (Å²) in [6.45, 7) is 0.487. The van der Waals surface area contributed by atoms with Crippen LogP contribution in [0.4, 0.5) is 0 Å². The fourth-order valence-corrected chi connectivity index (χ4v) is 3.15. The van der Waals surface area contributed by atoms with Crippen LogP contribution in [0, 0.1) is 5.92 Å². The topological polar surface area (TPSA) is 51.8 Å². The Morgan fingerprint density at radius 1 is 1.27 bits per heavy atom. The highest BCUT2D eigenvalue weighted by atomic mass is 32.2. The number of hydrogen-bond donors (Lipinski definition) is 1. The largest absolute Gasteiger partial charge is 0.325 e. The van der Waals surface area contributed by atoms with Crippen molar-refractivity contribution < 1.29 is 0 Å². The van der Waals surface area contributed by atoms with E-state index in [0.717, 1.165) is 16.6 Å². The van der Waals surface area contributed by atoms with E-state index in [4.69, 9.17) is 5.73 Å². The molecule has 2 rings (SSSR count). The summed E-state index contributed by atoms with van der Waals surface area (Å²) in [7, 11) is 0. The van der Waals surface area contributed by atoms with Crippen molar-refractivity contribution in [2.45, 2.75) is 37.3 Å². The number of hydrogen-bond acceptors (Lipinski definition) is 4. The highest BCUT2D eigenvalue weighted by Crippen LogP contribution is 2.30. The van der Waals surface area contributed by atoms with Gasteiger partial charge >= 0.3 is 0 Å². The SMILES string of the molecule is NCc1nccnc1SCC1CCCC1. The molecule has 1 aliphatic carbocycles. The zero-order valence-corrected chi connectivity index (χ0v) is 9.67. The first-order valence-electron chi connectivity index (χ1n) is 5.53. The Morgan fingerprint density at radius 2 is 2.00 bits per heavy atom. The summed E-state index contributed by atoms with van der Waals surface area (Å²) in [4.78, 5) is 8.57. The number of rotatable bonds is 4. The molecule has 0 unspecified atom stereocenters. The van der Waals surface area contributed by atoms with Crippen LogP contribution in [0.25, 0.3) is 0 Å². The van der Waals surface area contributed by atoms with Crippen LogP contribution in [0.1, 0.15) is 31.4 Å². The summed E-state index contributed by atoms with van der Waals surface area (Å²) in [5.74, 6) is 2.05. The number of nitrogens with two attached hydrogens (primary N) is 1. The van der Waals surface area contributed by atoms with Crippen LogP contribution in [0.15, 0.2) is 17.4 Å². The van der Waals surface area contributed by atoms with Crippen LogP contribution >= 0.6 is 11.8 Å². The van der Waals surface area contributed by atoms with Gasteiger partial charge in [-0.3, -0.25) is 4.98 Å². The highest BCUT2D eigenvalue weighted by molar-refractivity contribution is 7.99. The van der Waals surface area contributed by atoms with E-state index in [1.165, 1.54) is 31.4 Å². The van der Waals surface area contributed by atoms with Gasteiger partial charge in [-0.25, -0.2) is 4.98 Å². The van der Waals surface area contributed by atoms with Crippen LogP contribution < -0.4 is 5.73 Å². The first-order valence-corrected chi connectivity index (χ1v) is 6.51. The lowest BCUT2D eigenvalue weighted by atomic mass is 10.1. The zero-order valence-electron chi connectivity index (χ0n) is 8.85. The summed E-state index contributed by atoms with van der Waals surface area (Å²) in [5, 5.41) is 1.02. The van der Waals surface area contributed by atoms with Crippen LogP contribution in [0.3, 0.4) is 0 Å². The van der Waals surface area contributed by atoms with Gasteiger partial charge in [0.15, 0.2) is 0 Å². The van der Waals surface area contributed by atoms with Gasteiger partial charge in [0.05, 0.1) is 5.69 Å². The normalized spacial score (nSPS) is 17.1. The second kappa shape index (κ2) is 5.47. The standard InChI is InChI=1S/C11H17N3S/c12-7-10-11(14-6-5-13-10)15-8-9-3-1-2-4-9/h5-6,9H,1-4,7-8,12H2. The smallest absolute Gasteiger partial charge is 0.119 e. The molecule has 1 aliphatic rings. The Morgan fingerprint density at radius 3 is 2.73 bits per heavy atom. The maximum atomic E-state index is 5.62. The molecule has 0 aliphatic heterocycles. The highest BCUT2D eigenvalue weighted by Gasteiger charge is 2.16. The second-order valence-corrected chi connectivity index (χ2v) is 4.98. The molecule has 0 spiro atoms. The van der Waals surface area contributed by atoms with Crippen molar-refractivity contribution in [2.24, 2.45) is 11.7 Å². The maximum Gasteiger partial charge on any atom is 0.119 e. The van der Waals surface area contributed by atoms with Gasteiger partial charge in [-0.15, -0.1) is 11.8 Å². The van der Waals surface area contributed by atoms with E-state index in [2.05, 4.69) is 9.97 Å². The molecule has 0 radical (unpaired) electrons. The predicted octanol–water partition coefficient (Wildman–Crippen LogP) is 2.22. The van der Waals surface area contributed by atoms with Crippen molar-refractivity contribution in [1.29, 1.82) is 0 Å². The lowest BCUT2D eigenvalue weighted by Gasteiger charge is -2.09. The lowest BCUT2D eigenvalue weighted by molar-refractivity contribution is 0.622. The summed E-state index contributed by atoms with van der Waals surface area (Å²) in [6, 6.07) is 0. The van der Waals surface area contributed by atoms with Crippen molar-refractivity contribution in [2.75, 3.05) is 5.75 Å². The fraction of sp³-hybridized carbons (Fsp3) is 0.636. The molecule has 1 aromatic rings. The fourth-order valence-electron chi connectivity index (χ4n) is 1.99. The van der Waals surface area contributed by atoms with Crippen molar-refractivity contribution in [1.82, 2.24) is 9.97 Å². The van der Waals surface area contributed by atoms with Gasteiger partial charge in [0.25, 0.3) is 0 Å². The van der Waals surface area contributed by atoms with Gasteiger partial charge in [-0.2, -0.15) is 0 Å². The maximum absolute atomic E-state index is 5.62. The molecule has 1 aromatic heterocycles. The molecular formula is C11H17N3S. The zero-order chi connectivity index (χ0) is 10.5. The summed E-state index contributed by atoms with van der Waals surface area (Å²) in [6.07, 6.45) is 9.01. The Bertz CT molecular complexity index is 310. The molecule has 3 nitrogen and oxygen atoms in total. The van der Waals surface area contributed by atoms with Crippen molar-refractivity contribution in [3.05, 3.63) is 18.1 Å². The molecule has 1 fully saturated rings. The van der Waals surface area contributed by atoms with Gasteiger partial charge in [0, 0.05) is 24.7 Å². The van der Waals surface area contributed by atoms with Crippen LogP contribution in [0.5, 0.6) is 0 Å². The van der Waals surface area contributed by atoms with Crippen molar-refractivity contribution >= 4 is 11.8 Å². The van der Waals surface area contributed by atoms with E-state index in [1.54, 1.807) is 12.4 Å². The Labute approximate surface area is 94.9 Å². The predicted molar refractivity (Wildman–Crippen MR) is 62.6 cm³/mol. The Balaban J connectivity index is 1.91. The Hall–Kier alpha value is -0.610. The summed E-state index contributed by atoms with van der Waals surface area (Å²) in [5.41, 5.74) is 6.55. The van der Waals surface area contributed by atoms with Gasteiger partial charge in [0.1, 0.15) is 5.03 Å². The van der Waals surface area contributed by atoms with E-state index in [-0.39, 0.29) is 0 Å². The summed E-state index contributed by atoms with van der Waals surface area (Å²) >= 11 is 1.82. The number of thioether (sulfide) groups is 1. The molecule has 0 saturated heterocycles. The minimum absolute atomic E-state index is 0.487. The molecule has 0 bridgehead atoms. The van der Waals surface area contributed by atoms with Gasteiger partial charge < -0.3 is 5.73 Å². The third-order valence-corrected chi connectivity index (χ3v) is 4.11. The van der Waals surface area contributed by atoms with Gasteiger partial charge in [-0.1, -0.05) is 12.8 Å². The third-order valence-electron chi connectivity index (χ3n) is 2.86. The monoisotopic (exact) mass is 223 g/mol. The second-order valence-electron chi connectivity index (χ2n) is 3.97. The van der Waals surface area contributed by atoms with Crippen LogP contribution in [-0.4, -0.2) is 15.7 Å². The first kappa shape index (κ1) is 10.9. The third kappa shape index (κ3) is 2.92. The number of aromatic nitrogens is 2. The minimum Gasteiger partial charge on any atom is -0.325 e. The first-order chi connectivity index (χ1) is 7.40. The van der Waals surface area contributed by atoms with E-state index < -0.39 is 0 Å².